The van der Waals surface area contributed by atoms with Gasteiger partial charge in [-0.15, -0.1) is 11.3 Å². The SMILES string of the molecule is Cc1ccc(NCc2sccc2C)cc1[N+](=O)[O-]. The van der Waals surface area contributed by atoms with Crippen molar-refractivity contribution in [3.63, 3.8) is 0 Å². The van der Waals surface area contributed by atoms with Crippen molar-refractivity contribution in [3.05, 3.63) is 55.8 Å². The predicted octanol–water partition coefficient (Wildman–Crippen LogP) is 3.89. The van der Waals surface area contributed by atoms with E-state index >= 15 is 0 Å². The van der Waals surface area contributed by atoms with Crippen LogP contribution in [0.1, 0.15) is 16.0 Å². The molecule has 0 fully saturated rings. The number of nitro groups is 1. The first-order valence-corrected chi connectivity index (χ1v) is 6.48. The zero-order valence-corrected chi connectivity index (χ0v) is 11.1. The molecule has 4 nitrogen and oxygen atoms in total. The van der Waals surface area contributed by atoms with Crippen molar-refractivity contribution in [2.24, 2.45) is 0 Å². The Morgan fingerprint density at radius 3 is 2.67 bits per heavy atom. The minimum absolute atomic E-state index is 0.155. The second kappa shape index (κ2) is 5.18. The van der Waals surface area contributed by atoms with Crippen LogP contribution < -0.4 is 5.32 Å². The second-order valence-electron chi connectivity index (χ2n) is 4.14. The smallest absolute Gasteiger partial charge is 0.274 e. The maximum atomic E-state index is 10.8. The number of aryl methyl sites for hydroxylation is 2. The van der Waals surface area contributed by atoms with Gasteiger partial charge in [0.05, 0.1) is 4.92 Å². The van der Waals surface area contributed by atoms with Crippen molar-refractivity contribution >= 4 is 22.7 Å². The van der Waals surface area contributed by atoms with Crippen LogP contribution in [0.25, 0.3) is 0 Å². The molecule has 0 bridgehead atoms. The Bertz CT molecular complexity index is 578. The summed E-state index contributed by atoms with van der Waals surface area (Å²) in [4.78, 5) is 11.7. The maximum Gasteiger partial charge on any atom is 0.274 e. The van der Waals surface area contributed by atoms with Gasteiger partial charge in [-0.25, -0.2) is 0 Å². The summed E-state index contributed by atoms with van der Waals surface area (Å²) in [6, 6.07) is 7.28. The van der Waals surface area contributed by atoms with Crippen LogP contribution in [-0.4, -0.2) is 4.92 Å². The zero-order chi connectivity index (χ0) is 13.1. The highest BCUT2D eigenvalue weighted by Gasteiger charge is 2.10. The molecule has 1 aromatic carbocycles. The van der Waals surface area contributed by atoms with Gasteiger partial charge in [-0.1, -0.05) is 6.07 Å². The van der Waals surface area contributed by atoms with Gasteiger partial charge in [0.1, 0.15) is 0 Å². The van der Waals surface area contributed by atoms with Crippen molar-refractivity contribution in [2.45, 2.75) is 20.4 Å². The van der Waals surface area contributed by atoms with Crippen molar-refractivity contribution < 1.29 is 4.92 Å². The second-order valence-corrected chi connectivity index (χ2v) is 5.14. The average Bonchev–Trinajstić information content (AvgIpc) is 2.73. The minimum atomic E-state index is -0.350. The topological polar surface area (TPSA) is 55.2 Å². The standard InChI is InChI=1S/C13H14N2O2S/c1-9-3-4-11(7-12(9)15(16)17)14-8-13-10(2)5-6-18-13/h3-7,14H,8H2,1-2H3. The number of hydrogen-bond donors (Lipinski definition) is 1. The van der Waals surface area contributed by atoms with Crippen LogP contribution >= 0.6 is 11.3 Å². The molecule has 0 atom stereocenters. The van der Waals surface area contributed by atoms with Crippen LogP contribution in [0.4, 0.5) is 11.4 Å². The van der Waals surface area contributed by atoms with E-state index in [1.807, 2.05) is 11.4 Å². The normalized spacial score (nSPS) is 10.3. The van der Waals surface area contributed by atoms with E-state index in [9.17, 15) is 10.1 Å². The highest BCUT2D eigenvalue weighted by Crippen LogP contribution is 2.23. The highest BCUT2D eigenvalue weighted by molar-refractivity contribution is 7.10. The van der Waals surface area contributed by atoms with E-state index in [1.165, 1.54) is 10.4 Å². The highest BCUT2D eigenvalue weighted by atomic mass is 32.1. The zero-order valence-electron chi connectivity index (χ0n) is 10.3. The van der Waals surface area contributed by atoms with E-state index in [0.29, 0.717) is 12.1 Å². The summed E-state index contributed by atoms with van der Waals surface area (Å²) in [6.07, 6.45) is 0. The number of anilines is 1. The number of nitrogens with one attached hydrogen (secondary N) is 1. The number of rotatable bonds is 4. The molecule has 18 heavy (non-hydrogen) atoms. The quantitative estimate of drug-likeness (QED) is 0.672. The molecule has 0 aliphatic rings. The Morgan fingerprint density at radius 2 is 2.06 bits per heavy atom. The molecule has 1 N–H and O–H groups in total. The molecular formula is C13H14N2O2S. The first-order valence-electron chi connectivity index (χ1n) is 5.60. The van der Waals surface area contributed by atoms with Crippen LogP contribution in [0.3, 0.4) is 0 Å². The van der Waals surface area contributed by atoms with Gasteiger partial charge in [0, 0.05) is 28.7 Å². The van der Waals surface area contributed by atoms with E-state index in [1.54, 1.807) is 30.4 Å². The first-order chi connectivity index (χ1) is 8.58. The van der Waals surface area contributed by atoms with Gasteiger partial charge in [0.25, 0.3) is 5.69 Å². The van der Waals surface area contributed by atoms with Gasteiger partial charge < -0.3 is 5.32 Å². The third-order valence-corrected chi connectivity index (χ3v) is 3.85. The first kappa shape index (κ1) is 12.6. The Labute approximate surface area is 109 Å². The van der Waals surface area contributed by atoms with Crippen molar-refractivity contribution in [3.8, 4) is 0 Å². The number of thiophene rings is 1. The predicted molar refractivity (Wildman–Crippen MR) is 74.2 cm³/mol. The van der Waals surface area contributed by atoms with Gasteiger partial charge in [-0.05, 0) is 36.9 Å². The summed E-state index contributed by atoms with van der Waals surface area (Å²) in [5.74, 6) is 0. The third kappa shape index (κ3) is 2.68. The Morgan fingerprint density at radius 1 is 1.28 bits per heavy atom. The van der Waals surface area contributed by atoms with Crippen molar-refractivity contribution in [1.29, 1.82) is 0 Å². The molecule has 0 amide bonds. The molecule has 0 unspecified atom stereocenters. The lowest BCUT2D eigenvalue weighted by atomic mass is 10.2. The van der Waals surface area contributed by atoms with E-state index in [2.05, 4.69) is 18.3 Å². The Hall–Kier alpha value is -1.88. The fourth-order valence-corrected chi connectivity index (χ4v) is 2.53. The Balaban J connectivity index is 2.13. The molecule has 0 radical (unpaired) electrons. The molecule has 1 aromatic heterocycles. The minimum Gasteiger partial charge on any atom is -0.380 e. The van der Waals surface area contributed by atoms with Gasteiger partial charge in [0.15, 0.2) is 0 Å². The van der Waals surface area contributed by atoms with E-state index in [4.69, 9.17) is 0 Å². The largest absolute Gasteiger partial charge is 0.380 e. The number of nitrogens with zero attached hydrogens (tertiary/aromatic N) is 1. The van der Waals surface area contributed by atoms with E-state index in [0.717, 1.165) is 5.69 Å². The summed E-state index contributed by atoms with van der Waals surface area (Å²) in [5, 5.41) is 16.1. The summed E-state index contributed by atoms with van der Waals surface area (Å²) < 4.78 is 0. The number of nitro benzene ring substituents is 1. The lowest BCUT2D eigenvalue weighted by molar-refractivity contribution is -0.385. The summed E-state index contributed by atoms with van der Waals surface area (Å²) in [6.45, 7) is 4.50. The van der Waals surface area contributed by atoms with Crippen molar-refractivity contribution in [2.75, 3.05) is 5.32 Å². The van der Waals surface area contributed by atoms with Crippen LogP contribution in [-0.2, 0) is 6.54 Å². The van der Waals surface area contributed by atoms with E-state index in [-0.39, 0.29) is 10.6 Å². The fourth-order valence-electron chi connectivity index (χ4n) is 1.68. The molecule has 2 rings (SSSR count). The third-order valence-electron chi connectivity index (χ3n) is 2.83. The summed E-state index contributed by atoms with van der Waals surface area (Å²) in [5.41, 5.74) is 2.86. The van der Waals surface area contributed by atoms with Crippen LogP contribution in [0, 0.1) is 24.0 Å². The van der Waals surface area contributed by atoms with Gasteiger partial charge >= 0.3 is 0 Å². The summed E-state index contributed by atoms with van der Waals surface area (Å²) in [7, 11) is 0. The maximum absolute atomic E-state index is 10.8. The molecule has 5 heteroatoms. The lowest BCUT2D eigenvalue weighted by Crippen LogP contribution is -2.00. The molecular weight excluding hydrogens is 248 g/mol. The molecule has 0 saturated carbocycles. The van der Waals surface area contributed by atoms with Crippen LogP contribution in [0.15, 0.2) is 29.6 Å². The molecule has 0 aliphatic heterocycles. The van der Waals surface area contributed by atoms with E-state index < -0.39 is 0 Å². The van der Waals surface area contributed by atoms with Crippen molar-refractivity contribution in [1.82, 2.24) is 0 Å². The van der Waals surface area contributed by atoms with Crippen LogP contribution in [0.2, 0.25) is 0 Å². The molecule has 0 aliphatic carbocycles. The monoisotopic (exact) mass is 262 g/mol. The van der Waals surface area contributed by atoms with Gasteiger partial charge in [-0.3, -0.25) is 10.1 Å². The fraction of sp³-hybridized carbons (Fsp3) is 0.231. The van der Waals surface area contributed by atoms with Gasteiger partial charge in [-0.2, -0.15) is 0 Å². The van der Waals surface area contributed by atoms with Gasteiger partial charge in [0.2, 0.25) is 0 Å². The molecule has 2 aromatic rings. The summed E-state index contributed by atoms with van der Waals surface area (Å²) >= 11 is 1.69. The number of hydrogen-bond acceptors (Lipinski definition) is 4. The molecule has 1 heterocycles. The Kier molecular flexibility index (Phi) is 3.62. The van der Waals surface area contributed by atoms with Crippen LogP contribution in [0.5, 0.6) is 0 Å². The molecule has 94 valence electrons. The lowest BCUT2D eigenvalue weighted by Gasteiger charge is -2.06. The average molecular weight is 262 g/mol. The molecule has 0 spiro atoms. The number of benzene rings is 1. The molecule has 0 saturated heterocycles.